The molecule has 6 heteroatoms. The maximum atomic E-state index is 12.5. The normalized spacial score (nSPS) is 18.0. The maximum Gasteiger partial charge on any atom is 0.231 e. The van der Waals surface area contributed by atoms with Crippen LogP contribution in [0.1, 0.15) is 23.1 Å². The molecule has 2 aromatic carbocycles. The zero-order chi connectivity index (χ0) is 18.8. The molecule has 2 heterocycles. The van der Waals surface area contributed by atoms with E-state index < -0.39 is 0 Å². The Morgan fingerprint density at radius 3 is 2.85 bits per heavy atom. The molecule has 1 atom stereocenters. The first-order valence-electron chi connectivity index (χ1n) is 9.08. The minimum absolute atomic E-state index is 0.0292. The number of ether oxygens (including phenoxy) is 2. The molecule has 0 radical (unpaired) electrons. The molecule has 6 nitrogen and oxygen atoms in total. The van der Waals surface area contributed by atoms with Crippen LogP contribution in [-0.2, 0) is 22.7 Å². The Balaban J connectivity index is 1.33. The molecule has 2 aromatic rings. The van der Waals surface area contributed by atoms with Gasteiger partial charge in [0.2, 0.25) is 18.6 Å². The molecule has 140 valence electrons. The van der Waals surface area contributed by atoms with Gasteiger partial charge in [0.25, 0.3) is 0 Å². The van der Waals surface area contributed by atoms with Crippen molar-refractivity contribution in [2.24, 2.45) is 5.92 Å². The highest BCUT2D eigenvalue weighted by molar-refractivity contribution is 5.89. The topological polar surface area (TPSA) is 67.9 Å². The lowest BCUT2D eigenvalue weighted by atomic mass is 10.1. The van der Waals surface area contributed by atoms with Crippen molar-refractivity contribution >= 4 is 11.8 Å². The Morgan fingerprint density at radius 1 is 1.19 bits per heavy atom. The summed E-state index contributed by atoms with van der Waals surface area (Å²) in [7, 11) is 0. The lowest BCUT2D eigenvalue weighted by Crippen LogP contribution is -2.32. The molecule has 4 rings (SSSR count). The van der Waals surface area contributed by atoms with Gasteiger partial charge in [-0.25, -0.2) is 0 Å². The van der Waals surface area contributed by atoms with Crippen molar-refractivity contribution in [2.45, 2.75) is 26.4 Å². The van der Waals surface area contributed by atoms with Crippen LogP contribution in [0.15, 0.2) is 42.5 Å². The number of nitrogens with one attached hydrogen (secondary N) is 1. The average Bonchev–Trinajstić information content (AvgIpc) is 3.28. The molecule has 27 heavy (non-hydrogen) atoms. The molecule has 0 aromatic heterocycles. The molecule has 2 amide bonds. The SMILES string of the molecule is Cc1ccccc1CN1CC(C(=O)NCc2ccc3c(c2)OCO3)CC1=O. The van der Waals surface area contributed by atoms with Crippen LogP contribution in [0.3, 0.4) is 0 Å². The van der Waals surface area contributed by atoms with Gasteiger partial charge in [0.15, 0.2) is 11.5 Å². The smallest absolute Gasteiger partial charge is 0.231 e. The van der Waals surface area contributed by atoms with Crippen LogP contribution in [0.5, 0.6) is 11.5 Å². The van der Waals surface area contributed by atoms with Crippen LogP contribution in [0.2, 0.25) is 0 Å². The van der Waals surface area contributed by atoms with E-state index in [9.17, 15) is 9.59 Å². The van der Waals surface area contributed by atoms with Crippen molar-refractivity contribution in [3.8, 4) is 11.5 Å². The van der Waals surface area contributed by atoms with Gasteiger partial charge in [-0.1, -0.05) is 30.3 Å². The highest BCUT2D eigenvalue weighted by atomic mass is 16.7. The maximum absolute atomic E-state index is 12.5. The fourth-order valence-corrected chi connectivity index (χ4v) is 3.48. The Hall–Kier alpha value is -3.02. The first kappa shape index (κ1) is 17.4. The van der Waals surface area contributed by atoms with E-state index in [-0.39, 0.29) is 30.9 Å². The van der Waals surface area contributed by atoms with E-state index >= 15 is 0 Å². The van der Waals surface area contributed by atoms with Crippen LogP contribution in [0.4, 0.5) is 0 Å². The zero-order valence-electron chi connectivity index (χ0n) is 15.2. The van der Waals surface area contributed by atoms with Crippen molar-refractivity contribution in [2.75, 3.05) is 13.3 Å². The van der Waals surface area contributed by atoms with E-state index in [1.165, 1.54) is 0 Å². The lowest BCUT2D eigenvalue weighted by Gasteiger charge is -2.18. The number of likely N-dealkylation sites (tertiary alicyclic amines) is 1. The molecule has 2 aliphatic heterocycles. The molecule has 1 saturated heterocycles. The molecule has 1 N–H and O–H groups in total. The fraction of sp³-hybridized carbons (Fsp3) is 0.333. The third-order valence-electron chi connectivity index (χ3n) is 5.11. The van der Waals surface area contributed by atoms with Gasteiger partial charge < -0.3 is 19.7 Å². The second-order valence-corrected chi connectivity index (χ2v) is 7.01. The number of carbonyl (C=O) groups is 2. The Morgan fingerprint density at radius 2 is 2.00 bits per heavy atom. The monoisotopic (exact) mass is 366 g/mol. The van der Waals surface area contributed by atoms with Crippen molar-refractivity contribution in [3.05, 3.63) is 59.2 Å². The van der Waals surface area contributed by atoms with Crippen molar-refractivity contribution in [1.82, 2.24) is 10.2 Å². The van der Waals surface area contributed by atoms with E-state index in [0.29, 0.717) is 25.4 Å². The standard InChI is InChI=1S/C21H22N2O4/c1-14-4-2-3-5-16(14)11-23-12-17(9-20(23)24)21(25)22-10-15-6-7-18-19(8-15)27-13-26-18/h2-8,17H,9-13H2,1H3,(H,22,25). The lowest BCUT2D eigenvalue weighted by molar-refractivity contribution is -0.129. The van der Waals surface area contributed by atoms with Crippen LogP contribution in [0.25, 0.3) is 0 Å². The van der Waals surface area contributed by atoms with Crippen molar-refractivity contribution in [3.63, 3.8) is 0 Å². The van der Waals surface area contributed by atoms with Crippen LogP contribution < -0.4 is 14.8 Å². The number of hydrogen-bond acceptors (Lipinski definition) is 4. The summed E-state index contributed by atoms with van der Waals surface area (Å²) in [6.07, 6.45) is 0.263. The summed E-state index contributed by atoms with van der Waals surface area (Å²) < 4.78 is 10.6. The number of carbonyl (C=O) groups excluding carboxylic acids is 2. The van der Waals surface area contributed by atoms with E-state index in [2.05, 4.69) is 5.32 Å². The van der Waals surface area contributed by atoms with Crippen molar-refractivity contribution < 1.29 is 19.1 Å². The van der Waals surface area contributed by atoms with Crippen LogP contribution >= 0.6 is 0 Å². The summed E-state index contributed by atoms with van der Waals surface area (Å²) in [5.74, 6) is 1.05. The number of aryl methyl sites for hydroxylation is 1. The average molecular weight is 366 g/mol. The summed E-state index contributed by atoms with van der Waals surface area (Å²) >= 11 is 0. The molecule has 0 saturated carbocycles. The van der Waals surface area contributed by atoms with E-state index in [4.69, 9.17) is 9.47 Å². The highest BCUT2D eigenvalue weighted by Gasteiger charge is 2.34. The molecule has 0 spiro atoms. The molecule has 1 fully saturated rings. The first-order chi connectivity index (χ1) is 13.1. The number of hydrogen-bond donors (Lipinski definition) is 1. The summed E-state index contributed by atoms with van der Waals surface area (Å²) in [5.41, 5.74) is 3.21. The number of rotatable bonds is 5. The van der Waals surface area contributed by atoms with Gasteiger partial charge in [0.1, 0.15) is 0 Å². The van der Waals surface area contributed by atoms with E-state index in [1.54, 1.807) is 4.90 Å². The van der Waals surface area contributed by atoms with E-state index in [0.717, 1.165) is 22.4 Å². The second-order valence-electron chi connectivity index (χ2n) is 7.01. The van der Waals surface area contributed by atoms with Crippen LogP contribution in [0, 0.1) is 12.8 Å². The van der Waals surface area contributed by atoms with Crippen molar-refractivity contribution in [1.29, 1.82) is 0 Å². The van der Waals surface area contributed by atoms with Crippen LogP contribution in [-0.4, -0.2) is 30.1 Å². The van der Waals surface area contributed by atoms with Gasteiger partial charge in [0, 0.05) is 26.1 Å². The molecule has 2 aliphatic rings. The Kier molecular flexibility index (Phi) is 4.71. The first-order valence-corrected chi connectivity index (χ1v) is 9.08. The molecule has 0 bridgehead atoms. The largest absolute Gasteiger partial charge is 0.454 e. The number of amides is 2. The van der Waals surface area contributed by atoms with E-state index in [1.807, 2.05) is 49.4 Å². The fourth-order valence-electron chi connectivity index (χ4n) is 3.48. The molecular formula is C21H22N2O4. The van der Waals surface area contributed by atoms with Gasteiger partial charge in [-0.3, -0.25) is 9.59 Å². The predicted molar refractivity (Wildman–Crippen MR) is 99.1 cm³/mol. The Labute approximate surface area is 158 Å². The third-order valence-corrected chi connectivity index (χ3v) is 5.11. The van der Waals surface area contributed by atoms with Gasteiger partial charge in [-0.15, -0.1) is 0 Å². The van der Waals surface area contributed by atoms with Gasteiger partial charge in [-0.05, 0) is 35.7 Å². The quantitative estimate of drug-likeness (QED) is 0.882. The second kappa shape index (κ2) is 7.31. The number of fused-ring (bicyclic) bond motifs is 1. The highest BCUT2D eigenvalue weighted by Crippen LogP contribution is 2.32. The molecule has 0 aliphatic carbocycles. The minimum atomic E-state index is -0.310. The summed E-state index contributed by atoms with van der Waals surface area (Å²) in [6, 6.07) is 13.6. The zero-order valence-corrected chi connectivity index (χ0v) is 15.2. The minimum Gasteiger partial charge on any atom is -0.454 e. The summed E-state index contributed by atoms with van der Waals surface area (Å²) in [4.78, 5) is 26.6. The third kappa shape index (κ3) is 3.74. The predicted octanol–water partition coefficient (Wildman–Crippen LogP) is 2.39. The van der Waals surface area contributed by atoms with Gasteiger partial charge >= 0.3 is 0 Å². The Bertz CT molecular complexity index is 880. The molecule has 1 unspecified atom stereocenters. The van der Waals surface area contributed by atoms with Gasteiger partial charge in [0.05, 0.1) is 5.92 Å². The summed E-state index contributed by atoms with van der Waals surface area (Å²) in [6.45, 7) is 3.67. The molecular weight excluding hydrogens is 344 g/mol. The van der Waals surface area contributed by atoms with Gasteiger partial charge in [-0.2, -0.15) is 0 Å². The number of nitrogens with zero attached hydrogens (tertiary/aromatic N) is 1. The number of benzene rings is 2. The summed E-state index contributed by atoms with van der Waals surface area (Å²) in [5, 5.41) is 2.93.